The topological polar surface area (TPSA) is 84.5 Å². The summed E-state index contributed by atoms with van der Waals surface area (Å²) in [4.78, 5) is 12.3. The average molecular weight is 362 g/mol. The normalized spacial score (nSPS) is 11.2. The molecule has 0 saturated heterocycles. The van der Waals surface area contributed by atoms with Gasteiger partial charge in [0, 0.05) is 17.7 Å². The first-order valence-corrected chi connectivity index (χ1v) is 9.29. The van der Waals surface area contributed by atoms with Crippen LogP contribution in [0, 0.1) is 6.92 Å². The van der Waals surface area contributed by atoms with Crippen molar-refractivity contribution < 1.29 is 17.9 Å². The summed E-state index contributed by atoms with van der Waals surface area (Å²) in [5.41, 5.74) is 1.42. The molecule has 2 aromatic carbocycles. The smallest absolute Gasteiger partial charge is 0.261 e. The molecule has 2 N–H and O–H groups in total. The number of rotatable bonds is 6. The van der Waals surface area contributed by atoms with E-state index in [0.29, 0.717) is 22.6 Å². The van der Waals surface area contributed by atoms with E-state index in [1.807, 2.05) is 13.8 Å². The molecule has 0 atom stereocenters. The Hall–Kier alpha value is -2.54. The second kappa shape index (κ2) is 7.57. The van der Waals surface area contributed by atoms with Gasteiger partial charge in [-0.05, 0) is 50.6 Å². The number of sulfonamides is 1. The number of carbonyl (C=O) groups is 1. The molecule has 7 heteroatoms. The number of nitrogens with one attached hydrogen (secondary N) is 2. The summed E-state index contributed by atoms with van der Waals surface area (Å²) in [6.07, 6.45) is 0. The molecule has 0 aliphatic rings. The molecule has 0 aliphatic heterocycles. The molecule has 2 aromatic rings. The Morgan fingerprint density at radius 3 is 2.48 bits per heavy atom. The van der Waals surface area contributed by atoms with Gasteiger partial charge in [-0.15, -0.1) is 0 Å². The summed E-state index contributed by atoms with van der Waals surface area (Å²) in [7, 11) is -2.32. The summed E-state index contributed by atoms with van der Waals surface area (Å²) in [6.45, 7) is 5.46. The number of anilines is 1. The molecule has 0 heterocycles. The van der Waals surface area contributed by atoms with Crippen molar-refractivity contribution in [3.8, 4) is 5.75 Å². The molecular formula is C18H22N2O4S. The van der Waals surface area contributed by atoms with E-state index in [1.54, 1.807) is 37.3 Å². The van der Waals surface area contributed by atoms with Crippen molar-refractivity contribution in [1.29, 1.82) is 0 Å². The Bertz CT molecular complexity index is 876. The minimum absolute atomic E-state index is 0.0230. The lowest BCUT2D eigenvalue weighted by Gasteiger charge is -2.13. The van der Waals surface area contributed by atoms with E-state index in [2.05, 4.69) is 10.0 Å². The third-order valence-electron chi connectivity index (χ3n) is 3.51. The molecule has 0 radical (unpaired) electrons. The van der Waals surface area contributed by atoms with Gasteiger partial charge in [0.05, 0.1) is 17.7 Å². The van der Waals surface area contributed by atoms with Gasteiger partial charge in [-0.1, -0.05) is 12.1 Å². The lowest BCUT2D eigenvalue weighted by molar-refractivity contribution is 0.0942. The van der Waals surface area contributed by atoms with Crippen LogP contribution in [-0.4, -0.2) is 27.5 Å². The van der Waals surface area contributed by atoms with Crippen molar-refractivity contribution >= 4 is 21.6 Å². The fourth-order valence-corrected chi connectivity index (χ4v) is 3.33. The van der Waals surface area contributed by atoms with E-state index in [1.165, 1.54) is 19.2 Å². The predicted octanol–water partition coefficient (Wildman–Crippen LogP) is 2.94. The van der Waals surface area contributed by atoms with Gasteiger partial charge in [-0.25, -0.2) is 8.42 Å². The van der Waals surface area contributed by atoms with Crippen LogP contribution >= 0.6 is 0 Å². The quantitative estimate of drug-likeness (QED) is 0.827. The van der Waals surface area contributed by atoms with Crippen LogP contribution in [0.15, 0.2) is 47.4 Å². The number of hydrogen-bond acceptors (Lipinski definition) is 4. The second-order valence-corrected chi connectivity index (χ2v) is 7.62. The third kappa shape index (κ3) is 4.73. The average Bonchev–Trinajstić information content (AvgIpc) is 2.54. The zero-order valence-electron chi connectivity index (χ0n) is 14.7. The van der Waals surface area contributed by atoms with Gasteiger partial charge in [-0.3, -0.25) is 9.52 Å². The number of methoxy groups -OCH3 is 1. The highest BCUT2D eigenvalue weighted by molar-refractivity contribution is 7.92. The number of benzene rings is 2. The van der Waals surface area contributed by atoms with Crippen LogP contribution in [0.1, 0.15) is 29.8 Å². The van der Waals surface area contributed by atoms with Crippen molar-refractivity contribution in [2.45, 2.75) is 31.7 Å². The monoisotopic (exact) mass is 362 g/mol. The predicted molar refractivity (Wildman–Crippen MR) is 97.6 cm³/mol. The van der Waals surface area contributed by atoms with Crippen LogP contribution < -0.4 is 14.8 Å². The van der Waals surface area contributed by atoms with Crippen molar-refractivity contribution in [2.75, 3.05) is 11.8 Å². The second-order valence-electron chi connectivity index (χ2n) is 5.94. The number of hydrogen-bond donors (Lipinski definition) is 2. The molecule has 0 unspecified atom stereocenters. The van der Waals surface area contributed by atoms with E-state index in [-0.39, 0.29) is 16.8 Å². The molecule has 0 spiro atoms. The number of carbonyl (C=O) groups excluding carboxylic acids is 1. The lowest BCUT2D eigenvalue weighted by atomic mass is 10.1. The Balaban J connectivity index is 2.34. The summed E-state index contributed by atoms with van der Waals surface area (Å²) in [6, 6.07) is 11.1. The molecule has 0 aromatic heterocycles. The molecule has 6 nitrogen and oxygen atoms in total. The molecular weight excluding hydrogens is 340 g/mol. The first kappa shape index (κ1) is 18.8. The van der Waals surface area contributed by atoms with Crippen molar-refractivity contribution in [3.05, 3.63) is 53.6 Å². The molecule has 0 fully saturated rings. The number of ether oxygens (including phenoxy) is 1. The largest absolute Gasteiger partial charge is 0.497 e. The Kier molecular flexibility index (Phi) is 5.69. The third-order valence-corrected chi connectivity index (χ3v) is 4.88. The maximum Gasteiger partial charge on any atom is 0.261 e. The van der Waals surface area contributed by atoms with E-state index in [4.69, 9.17) is 4.74 Å². The van der Waals surface area contributed by atoms with Gasteiger partial charge in [0.25, 0.3) is 15.9 Å². The van der Waals surface area contributed by atoms with E-state index in [0.717, 1.165) is 0 Å². The molecule has 2 rings (SSSR count). The highest BCUT2D eigenvalue weighted by atomic mass is 32.2. The van der Waals surface area contributed by atoms with Gasteiger partial charge in [-0.2, -0.15) is 0 Å². The number of amides is 1. The molecule has 0 saturated carbocycles. The minimum Gasteiger partial charge on any atom is -0.497 e. The molecule has 1 amide bonds. The van der Waals surface area contributed by atoms with Crippen LogP contribution in [0.4, 0.5) is 5.69 Å². The molecule has 0 aliphatic carbocycles. The van der Waals surface area contributed by atoms with Gasteiger partial charge in [0.15, 0.2) is 0 Å². The highest BCUT2D eigenvalue weighted by Crippen LogP contribution is 2.22. The van der Waals surface area contributed by atoms with Gasteiger partial charge in [0.1, 0.15) is 5.75 Å². The SMILES string of the molecule is COc1cccc(NS(=O)(=O)c2ccc(C)c(C(=O)NC(C)C)c2)c1. The Labute approximate surface area is 148 Å². The van der Waals surface area contributed by atoms with Gasteiger partial charge in [0.2, 0.25) is 0 Å². The Morgan fingerprint density at radius 2 is 1.84 bits per heavy atom. The zero-order valence-corrected chi connectivity index (χ0v) is 15.5. The minimum atomic E-state index is -3.83. The van der Waals surface area contributed by atoms with E-state index >= 15 is 0 Å². The fourth-order valence-electron chi connectivity index (χ4n) is 2.25. The maximum atomic E-state index is 12.6. The van der Waals surface area contributed by atoms with Gasteiger partial charge < -0.3 is 10.1 Å². The van der Waals surface area contributed by atoms with Crippen molar-refractivity contribution in [2.24, 2.45) is 0 Å². The highest BCUT2D eigenvalue weighted by Gasteiger charge is 2.18. The zero-order chi connectivity index (χ0) is 18.6. The molecule has 0 bridgehead atoms. The molecule has 134 valence electrons. The maximum absolute atomic E-state index is 12.6. The van der Waals surface area contributed by atoms with Gasteiger partial charge >= 0.3 is 0 Å². The summed E-state index contributed by atoms with van der Waals surface area (Å²) >= 11 is 0. The first-order valence-electron chi connectivity index (χ1n) is 7.81. The van der Waals surface area contributed by atoms with E-state index in [9.17, 15) is 13.2 Å². The van der Waals surface area contributed by atoms with Crippen LogP contribution in [0.25, 0.3) is 0 Å². The summed E-state index contributed by atoms with van der Waals surface area (Å²) in [5.74, 6) is 0.243. The standard InChI is InChI=1S/C18H22N2O4S/c1-12(2)19-18(21)17-11-16(9-8-13(17)3)25(22,23)20-14-6-5-7-15(10-14)24-4/h5-12,20H,1-4H3,(H,19,21). The van der Waals surface area contributed by atoms with Crippen LogP contribution in [0.3, 0.4) is 0 Å². The first-order chi connectivity index (χ1) is 11.7. The van der Waals surface area contributed by atoms with Crippen LogP contribution in [0.2, 0.25) is 0 Å². The Morgan fingerprint density at radius 1 is 1.12 bits per heavy atom. The fraction of sp³-hybridized carbons (Fsp3) is 0.278. The van der Waals surface area contributed by atoms with Crippen molar-refractivity contribution in [1.82, 2.24) is 5.32 Å². The summed E-state index contributed by atoms with van der Waals surface area (Å²) in [5, 5.41) is 2.77. The lowest BCUT2D eigenvalue weighted by Crippen LogP contribution is -2.30. The van der Waals surface area contributed by atoms with Crippen LogP contribution in [-0.2, 0) is 10.0 Å². The summed E-state index contributed by atoms with van der Waals surface area (Å²) < 4.78 is 32.8. The van der Waals surface area contributed by atoms with Crippen LogP contribution in [0.5, 0.6) is 5.75 Å². The van der Waals surface area contributed by atoms with E-state index < -0.39 is 10.0 Å². The molecule has 25 heavy (non-hydrogen) atoms. The van der Waals surface area contributed by atoms with Crippen molar-refractivity contribution in [3.63, 3.8) is 0 Å². The number of aryl methyl sites for hydroxylation is 1.